The molecule has 0 aliphatic heterocycles. The van der Waals surface area contributed by atoms with Crippen molar-refractivity contribution in [1.82, 2.24) is 0 Å². The Morgan fingerprint density at radius 3 is 2.33 bits per heavy atom. The van der Waals surface area contributed by atoms with E-state index < -0.39 is 23.4 Å². The Labute approximate surface area is 246 Å². The van der Waals surface area contributed by atoms with Gasteiger partial charge in [-0.25, -0.2) is 4.79 Å². The third kappa shape index (κ3) is 5.77. The highest BCUT2D eigenvalue weighted by Gasteiger charge is 2.28. The van der Waals surface area contributed by atoms with Gasteiger partial charge in [0.25, 0.3) is 5.91 Å². The van der Waals surface area contributed by atoms with Crippen LogP contribution in [-0.4, -0.2) is 31.7 Å². The van der Waals surface area contributed by atoms with Crippen molar-refractivity contribution < 1.29 is 28.2 Å². The van der Waals surface area contributed by atoms with Gasteiger partial charge in [-0.05, 0) is 55.3 Å². The zero-order valence-corrected chi connectivity index (χ0v) is 24.2. The summed E-state index contributed by atoms with van der Waals surface area (Å²) in [5.74, 6) is -0.306. The number of anilines is 1. The number of ether oxygens (including phenoxy) is 3. The average molecular weight is 584 g/mol. The van der Waals surface area contributed by atoms with Crippen molar-refractivity contribution >= 4 is 39.2 Å². The van der Waals surface area contributed by atoms with Crippen LogP contribution >= 0.6 is 11.3 Å². The molecule has 0 saturated carbocycles. The van der Waals surface area contributed by atoms with E-state index in [1.807, 2.05) is 30.3 Å². The number of carbonyl (C=O) groups is 2. The van der Waals surface area contributed by atoms with Gasteiger partial charge in [0.15, 0.2) is 11.9 Å². The summed E-state index contributed by atoms with van der Waals surface area (Å²) in [5.41, 5.74) is 2.31. The van der Waals surface area contributed by atoms with Gasteiger partial charge >= 0.3 is 5.97 Å². The molecule has 0 radical (unpaired) electrons. The van der Waals surface area contributed by atoms with Gasteiger partial charge in [0.2, 0.25) is 11.2 Å². The van der Waals surface area contributed by atoms with Crippen molar-refractivity contribution in [2.75, 3.05) is 19.0 Å². The molecule has 42 heavy (non-hydrogen) atoms. The summed E-state index contributed by atoms with van der Waals surface area (Å²) >= 11 is 1.22. The van der Waals surface area contributed by atoms with Crippen molar-refractivity contribution in [2.45, 2.75) is 26.4 Å². The maximum Gasteiger partial charge on any atom is 0.341 e. The molecule has 0 saturated heterocycles. The summed E-state index contributed by atoms with van der Waals surface area (Å²) in [5, 5.41) is 5.31. The Kier molecular flexibility index (Phi) is 8.68. The molecule has 0 fully saturated rings. The number of carbonyl (C=O) groups excluding carboxylic acids is 2. The van der Waals surface area contributed by atoms with Crippen molar-refractivity contribution in [1.29, 1.82) is 0 Å². The minimum atomic E-state index is -1.07. The minimum Gasteiger partial charge on any atom is -0.497 e. The van der Waals surface area contributed by atoms with Crippen LogP contribution in [0.3, 0.4) is 0 Å². The molecule has 2 heterocycles. The zero-order valence-electron chi connectivity index (χ0n) is 23.3. The minimum absolute atomic E-state index is 0.0809. The molecule has 0 spiro atoms. The molecule has 1 N–H and O–H groups in total. The van der Waals surface area contributed by atoms with Crippen molar-refractivity contribution in [3.8, 4) is 33.9 Å². The van der Waals surface area contributed by atoms with Crippen molar-refractivity contribution in [3.05, 3.63) is 100 Å². The van der Waals surface area contributed by atoms with Crippen molar-refractivity contribution in [2.24, 2.45) is 0 Å². The molecule has 1 amide bonds. The van der Waals surface area contributed by atoms with Crippen LogP contribution in [-0.2, 0) is 9.53 Å². The van der Waals surface area contributed by atoms with Crippen LogP contribution in [0.2, 0.25) is 0 Å². The van der Waals surface area contributed by atoms with E-state index in [9.17, 15) is 14.4 Å². The number of methoxy groups -OCH3 is 1. The number of thiophene rings is 1. The maximum atomic E-state index is 13.7. The quantitative estimate of drug-likeness (QED) is 0.174. The fourth-order valence-electron chi connectivity index (χ4n) is 4.51. The van der Waals surface area contributed by atoms with Gasteiger partial charge in [-0.2, -0.15) is 0 Å². The second-order valence-electron chi connectivity index (χ2n) is 9.26. The molecule has 9 heteroatoms. The topological polar surface area (TPSA) is 104 Å². The maximum absolute atomic E-state index is 13.7. The Bertz CT molecular complexity index is 1770. The number of esters is 1. The van der Waals surface area contributed by atoms with E-state index in [4.69, 9.17) is 18.6 Å². The molecule has 5 rings (SSSR count). The SMILES string of the molecule is CCOC(=O)c1c(-c2ccccc2)csc1NC(=O)C(CC)Oc1c(-c2ccc(OC)cc2)oc2ccccc2c1=O. The summed E-state index contributed by atoms with van der Waals surface area (Å²) in [6, 6.07) is 23.3. The summed E-state index contributed by atoms with van der Waals surface area (Å²) < 4.78 is 22.9. The molecule has 3 aromatic carbocycles. The molecular weight excluding hydrogens is 554 g/mol. The number of amides is 1. The van der Waals surface area contributed by atoms with Gasteiger partial charge in [-0.3, -0.25) is 9.59 Å². The monoisotopic (exact) mass is 583 g/mol. The number of nitrogens with one attached hydrogen (secondary N) is 1. The van der Waals surface area contributed by atoms with Crippen LogP contribution in [0.5, 0.6) is 11.5 Å². The fourth-order valence-corrected chi connectivity index (χ4v) is 5.47. The second kappa shape index (κ2) is 12.7. The van der Waals surface area contributed by atoms with E-state index in [0.717, 1.165) is 5.56 Å². The molecule has 1 unspecified atom stereocenters. The standard InChI is InChI=1S/C33H29NO7S/c1-4-25(31(36)34-32-27(33(37)39-5-2)24(19-42-32)20-11-7-6-8-12-20)40-30-28(35)23-13-9-10-14-26(23)41-29(30)21-15-17-22(38-3)18-16-21/h6-19,25H,4-5H2,1-3H3,(H,34,36). The highest BCUT2D eigenvalue weighted by molar-refractivity contribution is 7.15. The Morgan fingerprint density at radius 2 is 1.64 bits per heavy atom. The molecule has 5 aromatic rings. The lowest BCUT2D eigenvalue weighted by Crippen LogP contribution is -2.34. The Morgan fingerprint density at radius 1 is 0.929 bits per heavy atom. The number of hydrogen-bond acceptors (Lipinski definition) is 8. The number of hydrogen-bond donors (Lipinski definition) is 1. The molecular formula is C33H29NO7S. The first-order chi connectivity index (χ1) is 20.4. The van der Waals surface area contributed by atoms with E-state index >= 15 is 0 Å². The van der Waals surface area contributed by atoms with E-state index in [1.54, 1.807) is 74.9 Å². The molecule has 0 aliphatic carbocycles. The van der Waals surface area contributed by atoms with Crippen molar-refractivity contribution in [3.63, 3.8) is 0 Å². The Hall–Kier alpha value is -4.89. The van der Waals surface area contributed by atoms with Gasteiger partial charge < -0.3 is 23.9 Å². The molecule has 0 aliphatic rings. The first-order valence-corrected chi connectivity index (χ1v) is 14.3. The summed E-state index contributed by atoms with van der Waals surface area (Å²) in [7, 11) is 1.56. The summed E-state index contributed by atoms with van der Waals surface area (Å²) in [6.07, 6.45) is -0.824. The van der Waals surface area contributed by atoms with Gasteiger partial charge in [0.05, 0.1) is 19.1 Å². The van der Waals surface area contributed by atoms with E-state index in [1.165, 1.54) is 11.3 Å². The fraction of sp³-hybridized carbons (Fsp3) is 0.182. The molecule has 0 bridgehead atoms. The van der Waals surface area contributed by atoms with E-state index in [0.29, 0.717) is 32.8 Å². The Balaban J connectivity index is 1.51. The lowest BCUT2D eigenvalue weighted by Gasteiger charge is -2.19. The smallest absolute Gasteiger partial charge is 0.341 e. The van der Waals surface area contributed by atoms with Crippen LogP contribution in [0.25, 0.3) is 33.4 Å². The van der Waals surface area contributed by atoms with Crippen LogP contribution < -0.4 is 20.2 Å². The molecule has 8 nitrogen and oxygen atoms in total. The number of rotatable bonds is 10. The van der Waals surface area contributed by atoms with Gasteiger partial charge in [0, 0.05) is 16.5 Å². The molecule has 1 atom stereocenters. The predicted molar refractivity (Wildman–Crippen MR) is 164 cm³/mol. The van der Waals surface area contributed by atoms with Gasteiger partial charge in [-0.15, -0.1) is 11.3 Å². The number of para-hydroxylation sites is 1. The lowest BCUT2D eigenvalue weighted by atomic mass is 10.0. The highest BCUT2D eigenvalue weighted by atomic mass is 32.1. The van der Waals surface area contributed by atoms with Crippen LogP contribution in [0.4, 0.5) is 5.00 Å². The highest BCUT2D eigenvalue weighted by Crippen LogP contribution is 2.37. The summed E-state index contributed by atoms with van der Waals surface area (Å²) in [4.78, 5) is 40.2. The molecule has 214 valence electrons. The average Bonchev–Trinajstić information content (AvgIpc) is 3.44. The normalized spacial score (nSPS) is 11.6. The third-order valence-corrected chi connectivity index (χ3v) is 7.52. The number of fused-ring (bicyclic) bond motifs is 1. The largest absolute Gasteiger partial charge is 0.497 e. The number of benzene rings is 3. The van der Waals surface area contributed by atoms with Crippen LogP contribution in [0.15, 0.2) is 93.5 Å². The van der Waals surface area contributed by atoms with E-state index in [-0.39, 0.29) is 30.1 Å². The molecule has 2 aromatic heterocycles. The second-order valence-corrected chi connectivity index (χ2v) is 10.1. The third-order valence-electron chi connectivity index (χ3n) is 6.62. The van der Waals surface area contributed by atoms with E-state index in [2.05, 4.69) is 5.32 Å². The first-order valence-electron chi connectivity index (χ1n) is 13.5. The van der Waals surface area contributed by atoms with Gasteiger partial charge in [0.1, 0.15) is 21.9 Å². The van der Waals surface area contributed by atoms with Crippen LogP contribution in [0.1, 0.15) is 30.6 Å². The van der Waals surface area contributed by atoms with Gasteiger partial charge in [-0.1, -0.05) is 49.4 Å². The lowest BCUT2D eigenvalue weighted by molar-refractivity contribution is -0.122. The summed E-state index contributed by atoms with van der Waals surface area (Å²) in [6.45, 7) is 3.68. The van der Waals surface area contributed by atoms with Crippen LogP contribution in [0, 0.1) is 0 Å². The predicted octanol–water partition coefficient (Wildman–Crippen LogP) is 7.17. The first kappa shape index (κ1) is 28.6. The zero-order chi connectivity index (χ0) is 29.6.